The first-order valence-electron chi connectivity index (χ1n) is 15.2. The molecule has 0 radical (unpaired) electrons. The fourth-order valence-electron chi connectivity index (χ4n) is 6.01. The molecular formula is C33H45N5O4. The zero-order valence-electron chi connectivity index (χ0n) is 25.2. The quantitative estimate of drug-likeness (QED) is 0.269. The lowest BCUT2D eigenvalue weighted by atomic mass is 9.97. The van der Waals surface area contributed by atoms with Crippen LogP contribution in [-0.2, 0) is 19.2 Å². The van der Waals surface area contributed by atoms with Crippen LogP contribution in [0.25, 0.3) is 0 Å². The lowest BCUT2D eigenvalue weighted by molar-refractivity contribution is -0.151. The van der Waals surface area contributed by atoms with E-state index in [1.165, 1.54) is 5.01 Å². The average Bonchev–Trinajstić information content (AvgIpc) is 3.40. The monoisotopic (exact) mass is 575 g/mol. The summed E-state index contributed by atoms with van der Waals surface area (Å²) in [6.07, 6.45) is 2.65. The summed E-state index contributed by atoms with van der Waals surface area (Å²) in [6, 6.07) is 16.8. The number of benzene rings is 2. The largest absolute Gasteiger partial charge is 0.342 e. The van der Waals surface area contributed by atoms with Crippen molar-refractivity contribution in [3.63, 3.8) is 0 Å². The van der Waals surface area contributed by atoms with Crippen molar-refractivity contribution in [1.29, 1.82) is 0 Å². The Morgan fingerprint density at radius 2 is 1.55 bits per heavy atom. The molecule has 3 N–H and O–H groups in total. The highest BCUT2D eigenvalue weighted by Crippen LogP contribution is 2.33. The fraction of sp³-hybridized carbons (Fsp3) is 0.515. The van der Waals surface area contributed by atoms with Gasteiger partial charge < -0.3 is 15.1 Å². The number of carbonyl (C=O) groups excluding carboxylic acids is 4. The number of hydrazine groups is 1. The second-order valence-electron chi connectivity index (χ2n) is 12.1. The second-order valence-corrected chi connectivity index (χ2v) is 12.1. The Hall–Kier alpha value is -3.72. The highest BCUT2D eigenvalue weighted by atomic mass is 16.2. The molecule has 2 heterocycles. The average molecular weight is 576 g/mol. The summed E-state index contributed by atoms with van der Waals surface area (Å²) in [4.78, 5) is 57.8. The molecule has 0 unspecified atom stereocenters. The lowest BCUT2D eigenvalue weighted by Crippen LogP contribution is -2.62. The zero-order chi connectivity index (χ0) is 30.4. The predicted octanol–water partition coefficient (Wildman–Crippen LogP) is 3.65. The van der Waals surface area contributed by atoms with Crippen LogP contribution in [0.15, 0.2) is 60.7 Å². The van der Waals surface area contributed by atoms with Gasteiger partial charge in [0.05, 0.1) is 6.04 Å². The van der Waals surface area contributed by atoms with Crippen molar-refractivity contribution in [2.24, 2.45) is 17.7 Å². The van der Waals surface area contributed by atoms with Crippen LogP contribution in [0.2, 0.25) is 0 Å². The zero-order valence-corrected chi connectivity index (χ0v) is 25.2. The molecule has 2 aromatic carbocycles. The van der Waals surface area contributed by atoms with Gasteiger partial charge in [0.1, 0.15) is 12.1 Å². The van der Waals surface area contributed by atoms with E-state index in [-0.39, 0.29) is 48.1 Å². The molecule has 0 aromatic heterocycles. The molecule has 0 bridgehead atoms. The number of rotatable bonds is 9. The Balaban J connectivity index is 1.64. The Labute approximate surface area is 249 Å². The summed E-state index contributed by atoms with van der Waals surface area (Å²) in [7, 11) is 0. The molecule has 2 aromatic rings. The van der Waals surface area contributed by atoms with Gasteiger partial charge in [0.25, 0.3) is 5.91 Å². The number of nitrogens with two attached hydrogens (primary N) is 1. The van der Waals surface area contributed by atoms with Crippen molar-refractivity contribution >= 4 is 23.6 Å². The Morgan fingerprint density at radius 3 is 2.10 bits per heavy atom. The van der Waals surface area contributed by atoms with E-state index in [0.717, 1.165) is 11.1 Å². The first-order chi connectivity index (χ1) is 20.1. The minimum absolute atomic E-state index is 0.0265. The van der Waals surface area contributed by atoms with Crippen molar-refractivity contribution in [2.45, 2.75) is 84.0 Å². The number of hydrogen-bond acceptors (Lipinski definition) is 5. The van der Waals surface area contributed by atoms with Crippen LogP contribution in [0, 0.1) is 11.8 Å². The summed E-state index contributed by atoms with van der Waals surface area (Å²) >= 11 is 0. The van der Waals surface area contributed by atoms with Crippen molar-refractivity contribution in [3.8, 4) is 0 Å². The minimum Gasteiger partial charge on any atom is -0.342 e. The number of nitrogens with zero attached hydrogens (tertiary/aromatic N) is 3. The summed E-state index contributed by atoms with van der Waals surface area (Å²) in [5.41, 5.74) is 1.73. The highest BCUT2D eigenvalue weighted by Gasteiger charge is 2.47. The van der Waals surface area contributed by atoms with Gasteiger partial charge >= 0.3 is 0 Å². The molecule has 2 saturated heterocycles. The molecule has 2 fully saturated rings. The highest BCUT2D eigenvalue weighted by molar-refractivity contribution is 5.94. The maximum Gasteiger partial charge on any atom is 0.260 e. The van der Waals surface area contributed by atoms with Crippen LogP contribution in [0.5, 0.6) is 0 Å². The molecule has 2 aliphatic heterocycles. The van der Waals surface area contributed by atoms with Crippen LogP contribution in [0.3, 0.4) is 0 Å². The lowest BCUT2D eigenvalue weighted by Gasteiger charge is -2.40. The smallest absolute Gasteiger partial charge is 0.260 e. The van der Waals surface area contributed by atoms with Crippen molar-refractivity contribution in [3.05, 3.63) is 71.8 Å². The van der Waals surface area contributed by atoms with E-state index in [1.807, 2.05) is 88.4 Å². The molecule has 226 valence electrons. The first-order valence-corrected chi connectivity index (χ1v) is 15.2. The molecule has 4 rings (SSSR count). The third-order valence-corrected chi connectivity index (χ3v) is 8.55. The van der Waals surface area contributed by atoms with E-state index < -0.39 is 18.1 Å². The van der Waals surface area contributed by atoms with Crippen molar-refractivity contribution < 1.29 is 19.2 Å². The van der Waals surface area contributed by atoms with Crippen LogP contribution in [0.1, 0.15) is 77.0 Å². The summed E-state index contributed by atoms with van der Waals surface area (Å²) in [6.45, 7) is 8.25. The van der Waals surface area contributed by atoms with E-state index in [2.05, 4.69) is 5.32 Å². The van der Waals surface area contributed by atoms with Crippen LogP contribution < -0.4 is 11.2 Å². The molecule has 0 spiro atoms. The fourth-order valence-corrected chi connectivity index (χ4v) is 6.01. The molecule has 0 saturated carbocycles. The summed E-state index contributed by atoms with van der Waals surface area (Å²) in [5, 5.41) is 4.18. The van der Waals surface area contributed by atoms with Crippen molar-refractivity contribution in [2.75, 3.05) is 13.1 Å². The van der Waals surface area contributed by atoms with E-state index >= 15 is 0 Å². The van der Waals surface area contributed by atoms with Gasteiger partial charge in [-0.3, -0.25) is 24.2 Å². The predicted molar refractivity (Wildman–Crippen MR) is 161 cm³/mol. The van der Waals surface area contributed by atoms with Gasteiger partial charge in [0, 0.05) is 31.5 Å². The number of hydrogen-bond donors (Lipinski definition) is 2. The summed E-state index contributed by atoms with van der Waals surface area (Å²) < 4.78 is 0. The molecular weight excluding hydrogens is 530 g/mol. The second kappa shape index (κ2) is 14.0. The van der Waals surface area contributed by atoms with Gasteiger partial charge in [-0.2, -0.15) is 0 Å². The van der Waals surface area contributed by atoms with Crippen molar-refractivity contribution in [1.82, 2.24) is 20.1 Å². The van der Waals surface area contributed by atoms with Crippen LogP contribution in [-0.4, -0.2) is 69.7 Å². The Kier molecular flexibility index (Phi) is 10.4. The van der Waals surface area contributed by atoms with Gasteiger partial charge in [0.15, 0.2) is 0 Å². The van der Waals surface area contributed by atoms with E-state index in [0.29, 0.717) is 38.6 Å². The topological polar surface area (TPSA) is 116 Å². The molecule has 42 heavy (non-hydrogen) atoms. The number of fused-ring (bicyclic) bond motifs is 1. The standard InChI is InChI=1S/C33H45N5O4/c1-5-23(4)31(40)35-27-21-36(29(39)20-22(2)3)19-18-26-16-17-28(37(26)32(27)41)33(42)38(34)30(24-12-8-6-9-13-24)25-14-10-7-11-15-25/h6-15,22-23,26-28,30H,5,16-21,34H2,1-4H3,(H,35,40)/t23-,26-,27+,28+/m1/s1. The normalized spacial score (nSPS) is 21.5. The molecule has 4 amide bonds. The van der Waals surface area contributed by atoms with Gasteiger partial charge in [0.2, 0.25) is 17.7 Å². The van der Waals surface area contributed by atoms with Gasteiger partial charge in [-0.1, -0.05) is 88.4 Å². The van der Waals surface area contributed by atoms with Crippen LogP contribution >= 0.6 is 0 Å². The number of nitrogens with one attached hydrogen (secondary N) is 1. The molecule has 9 heteroatoms. The Morgan fingerprint density at radius 1 is 0.952 bits per heavy atom. The third kappa shape index (κ3) is 7.01. The molecule has 2 aliphatic rings. The van der Waals surface area contributed by atoms with E-state index in [9.17, 15) is 19.2 Å². The maximum atomic E-state index is 14.2. The minimum atomic E-state index is -0.941. The van der Waals surface area contributed by atoms with Gasteiger partial charge in [-0.05, 0) is 42.7 Å². The van der Waals surface area contributed by atoms with E-state index in [4.69, 9.17) is 5.84 Å². The Bertz CT molecular complexity index is 1200. The number of carbonyl (C=O) groups is 4. The summed E-state index contributed by atoms with van der Waals surface area (Å²) in [5.74, 6) is 5.60. The first kappa shape index (κ1) is 31.2. The van der Waals surface area contributed by atoms with E-state index in [1.54, 1.807) is 9.80 Å². The maximum absolute atomic E-state index is 14.2. The third-order valence-electron chi connectivity index (χ3n) is 8.55. The molecule has 0 aliphatic carbocycles. The van der Waals surface area contributed by atoms with Gasteiger partial charge in [-0.25, -0.2) is 5.84 Å². The number of amides is 4. The van der Waals surface area contributed by atoms with Crippen LogP contribution in [0.4, 0.5) is 0 Å². The van der Waals surface area contributed by atoms with Gasteiger partial charge in [-0.15, -0.1) is 0 Å². The molecule has 9 nitrogen and oxygen atoms in total. The molecule has 4 atom stereocenters. The SMILES string of the molecule is CC[C@@H](C)C(=O)N[C@H]1CN(C(=O)CC(C)C)CC[C@H]2CC[C@@H](C(=O)N(N)C(c3ccccc3)c3ccccc3)N2C1=O.